The SMILES string of the molecule is CCOC(C(O)Cc1ccc(Cl)s1)C1CC1. The molecule has 16 heavy (non-hydrogen) atoms. The number of rotatable bonds is 6. The highest BCUT2D eigenvalue weighted by Gasteiger charge is 2.36. The van der Waals surface area contributed by atoms with E-state index in [9.17, 15) is 5.11 Å². The number of aliphatic hydroxyl groups is 1. The van der Waals surface area contributed by atoms with Crippen molar-refractivity contribution in [2.24, 2.45) is 5.92 Å². The van der Waals surface area contributed by atoms with E-state index in [1.165, 1.54) is 24.2 Å². The Labute approximate surface area is 105 Å². The Morgan fingerprint density at radius 2 is 2.31 bits per heavy atom. The Kier molecular flexibility index (Phi) is 4.25. The van der Waals surface area contributed by atoms with Gasteiger partial charge in [0.1, 0.15) is 0 Å². The van der Waals surface area contributed by atoms with Gasteiger partial charge in [-0.3, -0.25) is 0 Å². The first-order valence-corrected chi connectivity index (χ1v) is 6.94. The molecule has 0 bridgehead atoms. The van der Waals surface area contributed by atoms with Crippen molar-refractivity contribution in [2.75, 3.05) is 6.61 Å². The number of aliphatic hydroxyl groups excluding tert-OH is 1. The summed E-state index contributed by atoms with van der Waals surface area (Å²) in [7, 11) is 0. The van der Waals surface area contributed by atoms with E-state index >= 15 is 0 Å². The highest BCUT2D eigenvalue weighted by Crippen LogP contribution is 2.37. The molecule has 1 aromatic rings. The van der Waals surface area contributed by atoms with Gasteiger partial charge >= 0.3 is 0 Å². The molecule has 2 atom stereocenters. The van der Waals surface area contributed by atoms with Gasteiger partial charge in [-0.2, -0.15) is 0 Å². The number of hydrogen-bond acceptors (Lipinski definition) is 3. The van der Waals surface area contributed by atoms with Crippen LogP contribution in [0.4, 0.5) is 0 Å². The fourth-order valence-corrected chi connectivity index (χ4v) is 3.10. The molecule has 1 aliphatic carbocycles. The van der Waals surface area contributed by atoms with E-state index in [0.29, 0.717) is 18.9 Å². The van der Waals surface area contributed by atoms with E-state index < -0.39 is 6.10 Å². The molecule has 1 aromatic heterocycles. The monoisotopic (exact) mass is 260 g/mol. The fourth-order valence-electron chi connectivity index (χ4n) is 1.96. The van der Waals surface area contributed by atoms with Gasteiger partial charge in [0.2, 0.25) is 0 Å². The van der Waals surface area contributed by atoms with E-state index in [0.717, 1.165) is 9.21 Å². The molecule has 0 radical (unpaired) electrons. The maximum absolute atomic E-state index is 10.2. The Bertz CT molecular complexity index is 336. The minimum atomic E-state index is -0.401. The van der Waals surface area contributed by atoms with Gasteiger partial charge in [-0.15, -0.1) is 11.3 Å². The normalized spacial score (nSPS) is 19.7. The van der Waals surface area contributed by atoms with Crippen molar-refractivity contribution in [1.82, 2.24) is 0 Å². The van der Waals surface area contributed by atoms with E-state index in [4.69, 9.17) is 16.3 Å². The second-order valence-electron chi connectivity index (χ2n) is 4.23. The Balaban J connectivity index is 1.91. The van der Waals surface area contributed by atoms with Crippen LogP contribution in [-0.4, -0.2) is 23.9 Å². The smallest absolute Gasteiger partial charge is 0.0931 e. The van der Waals surface area contributed by atoms with E-state index in [-0.39, 0.29) is 6.10 Å². The average molecular weight is 261 g/mol. The summed E-state index contributed by atoms with van der Waals surface area (Å²) in [5, 5.41) is 10.2. The predicted octanol–water partition coefficient (Wildman–Crippen LogP) is 3.12. The number of halogens is 1. The Hall–Kier alpha value is -0.0900. The third kappa shape index (κ3) is 3.20. The first-order chi connectivity index (χ1) is 7.70. The molecular weight excluding hydrogens is 244 g/mol. The second-order valence-corrected chi connectivity index (χ2v) is 6.03. The molecule has 0 spiro atoms. The van der Waals surface area contributed by atoms with E-state index in [1.807, 2.05) is 19.1 Å². The van der Waals surface area contributed by atoms with E-state index in [1.54, 1.807) is 0 Å². The standard InChI is InChI=1S/C12H17ClO2S/c1-2-15-12(8-3-4-8)10(14)7-9-5-6-11(13)16-9/h5-6,8,10,12,14H,2-4,7H2,1H3. The maximum Gasteiger partial charge on any atom is 0.0931 e. The summed E-state index contributed by atoms with van der Waals surface area (Å²) in [6, 6.07) is 3.85. The van der Waals surface area contributed by atoms with Crippen molar-refractivity contribution in [2.45, 2.75) is 38.4 Å². The highest BCUT2D eigenvalue weighted by atomic mass is 35.5. The summed E-state index contributed by atoms with van der Waals surface area (Å²) in [6.07, 6.45) is 2.63. The highest BCUT2D eigenvalue weighted by molar-refractivity contribution is 7.16. The van der Waals surface area contributed by atoms with Gasteiger partial charge in [0.05, 0.1) is 16.5 Å². The molecule has 1 aliphatic rings. The zero-order valence-corrected chi connectivity index (χ0v) is 10.9. The first-order valence-electron chi connectivity index (χ1n) is 5.74. The summed E-state index contributed by atoms with van der Waals surface area (Å²) < 4.78 is 6.41. The van der Waals surface area contributed by atoms with E-state index in [2.05, 4.69) is 0 Å². The summed E-state index contributed by atoms with van der Waals surface area (Å²) in [5.41, 5.74) is 0. The van der Waals surface area contributed by atoms with Gasteiger partial charge in [-0.05, 0) is 37.8 Å². The van der Waals surface area contributed by atoms with Crippen LogP contribution in [0.15, 0.2) is 12.1 Å². The van der Waals surface area contributed by atoms with Gasteiger partial charge in [-0.25, -0.2) is 0 Å². The zero-order chi connectivity index (χ0) is 11.5. The van der Waals surface area contributed by atoms with Gasteiger partial charge in [0.15, 0.2) is 0 Å². The quantitative estimate of drug-likeness (QED) is 0.852. The lowest BCUT2D eigenvalue weighted by Crippen LogP contribution is -2.32. The second kappa shape index (κ2) is 5.50. The first kappa shape index (κ1) is 12.4. The molecule has 90 valence electrons. The summed E-state index contributed by atoms with van der Waals surface area (Å²) in [5.74, 6) is 0.561. The molecule has 0 saturated heterocycles. The summed E-state index contributed by atoms with van der Waals surface area (Å²) in [6.45, 7) is 2.65. The topological polar surface area (TPSA) is 29.5 Å². The van der Waals surface area contributed by atoms with Crippen LogP contribution in [-0.2, 0) is 11.2 Å². The molecule has 0 aliphatic heterocycles. The Morgan fingerprint density at radius 1 is 1.56 bits per heavy atom. The Morgan fingerprint density at radius 3 is 2.81 bits per heavy atom. The van der Waals surface area contributed by atoms with Gasteiger partial charge in [0, 0.05) is 17.9 Å². The molecule has 2 unspecified atom stereocenters. The molecule has 0 aromatic carbocycles. The van der Waals surface area contributed by atoms with Crippen LogP contribution in [0, 0.1) is 5.92 Å². The largest absolute Gasteiger partial charge is 0.390 e. The lowest BCUT2D eigenvalue weighted by atomic mass is 10.1. The maximum atomic E-state index is 10.2. The molecule has 2 rings (SSSR count). The lowest BCUT2D eigenvalue weighted by molar-refractivity contribution is -0.0436. The zero-order valence-electron chi connectivity index (χ0n) is 9.36. The third-order valence-electron chi connectivity index (χ3n) is 2.86. The molecule has 1 heterocycles. The summed E-state index contributed by atoms with van der Waals surface area (Å²) >= 11 is 7.40. The van der Waals surface area contributed by atoms with Gasteiger partial charge < -0.3 is 9.84 Å². The molecule has 4 heteroatoms. The van der Waals surface area contributed by atoms with Crippen molar-refractivity contribution >= 4 is 22.9 Å². The molecular formula is C12H17ClO2S. The minimum Gasteiger partial charge on any atom is -0.390 e. The van der Waals surface area contributed by atoms with Crippen LogP contribution in [0.3, 0.4) is 0 Å². The molecule has 1 fully saturated rings. The average Bonchev–Trinajstić information content (AvgIpc) is 3.00. The van der Waals surface area contributed by atoms with Crippen molar-refractivity contribution in [3.63, 3.8) is 0 Å². The predicted molar refractivity (Wildman–Crippen MR) is 67.2 cm³/mol. The van der Waals surface area contributed by atoms with Crippen LogP contribution in [0.2, 0.25) is 4.34 Å². The third-order valence-corrected chi connectivity index (χ3v) is 4.12. The van der Waals surface area contributed by atoms with Crippen molar-refractivity contribution in [3.8, 4) is 0 Å². The van der Waals surface area contributed by atoms with Crippen LogP contribution in [0.5, 0.6) is 0 Å². The van der Waals surface area contributed by atoms with Gasteiger partial charge in [0.25, 0.3) is 0 Å². The van der Waals surface area contributed by atoms with Crippen molar-refractivity contribution in [1.29, 1.82) is 0 Å². The molecule has 2 nitrogen and oxygen atoms in total. The molecule has 0 amide bonds. The van der Waals surface area contributed by atoms with Crippen molar-refractivity contribution in [3.05, 3.63) is 21.3 Å². The summed E-state index contributed by atoms with van der Waals surface area (Å²) in [4.78, 5) is 1.13. The van der Waals surface area contributed by atoms with Crippen LogP contribution < -0.4 is 0 Å². The number of thiophene rings is 1. The number of ether oxygens (including phenoxy) is 1. The fraction of sp³-hybridized carbons (Fsp3) is 0.667. The molecule has 1 saturated carbocycles. The number of hydrogen-bond donors (Lipinski definition) is 1. The van der Waals surface area contributed by atoms with Crippen LogP contribution in [0.25, 0.3) is 0 Å². The molecule has 1 N–H and O–H groups in total. The van der Waals surface area contributed by atoms with Crippen LogP contribution in [0.1, 0.15) is 24.6 Å². The van der Waals surface area contributed by atoms with Crippen LogP contribution >= 0.6 is 22.9 Å². The lowest BCUT2D eigenvalue weighted by Gasteiger charge is -2.22. The van der Waals surface area contributed by atoms with Crippen molar-refractivity contribution < 1.29 is 9.84 Å². The van der Waals surface area contributed by atoms with Gasteiger partial charge in [-0.1, -0.05) is 11.6 Å². The minimum absolute atomic E-state index is 0.00544.